The monoisotopic (exact) mass is 271 g/mol. The molecule has 2 saturated heterocycles. The van der Waals surface area contributed by atoms with Crippen LogP contribution < -0.4 is 0 Å². The Morgan fingerprint density at radius 1 is 1.42 bits per heavy atom. The highest BCUT2D eigenvalue weighted by Gasteiger charge is 2.29. The largest absolute Gasteiger partial charge is 0.378 e. The Morgan fingerprint density at radius 3 is 2.95 bits per heavy atom. The van der Waals surface area contributed by atoms with Crippen LogP contribution in [0.3, 0.4) is 0 Å². The standard InChI is InChI=1S/C14H25NO4/c1-14(2)11-15(6-9-19-14)13(16)5-8-17-10-12-4-3-7-18-12/h12H,3-11H2,1-2H3. The summed E-state index contributed by atoms with van der Waals surface area (Å²) < 4.78 is 16.6. The van der Waals surface area contributed by atoms with Gasteiger partial charge < -0.3 is 19.1 Å². The first-order valence-electron chi connectivity index (χ1n) is 7.18. The van der Waals surface area contributed by atoms with Crippen LogP contribution in [0.15, 0.2) is 0 Å². The summed E-state index contributed by atoms with van der Waals surface area (Å²) in [5.74, 6) is 0.156. The van der Waals surface area contributed by atoms with Crippen LogP contribution in [0.2, 0.25) is 0 Å². The highest BCUT2D eigenvalue weighted by molar-refractivity contribution is 5.76. The molecule has 0 saturated carbocycles. The van der Waals surface area contributed by atoms with Crippen molar-refractivity contribution in [3.63, 3.8) is 0 Å². The fraction of sp³-hybridized carbons (Fsp3) is 0.929. The molecule has 2 aliphatic rings. The summed E-state index contributed by atoms with van der Waals surface area (Å²) in [4.78, 5) is 13.9. The summed E-state index contributed by atoms with van der Waals surface area (Å²) in [5, 5.41) is 0. The van der Waals surface area contributed by atoms with Crippen LogP contribution in [-0.4, -0.2) is 62.0 Å². The van der Waals surface area contributed by atoms with E-state index in [0.29, 0.717) is 39.3 Å². The predicted octanol–water partition coefficient (Wildman–Crippen LogP) is 1.21. The zero-order chi connectivity index (χ0) is 13.7. The zero-order valence-electron chi connectivity index (χ0n) is 12.0. The molecule has 0 aromatic rings. The Morgan fingerprint density at radius 2 is 2.26 bits per heavy atom. The molecule has 0 aromatic heterocycles. The molecule has 0 N–H and O–H groups in total. The van der Waals surface area contributed by atoms with Crippen LogP contribution in [0.1, 0.15) is 33.1 Å². The lowest BCUT2D eigenvalue weighted by molar-refractivity contribution is -0.147. The number of carbonyl (C=O) groups is 1. The molecule has 5 nitrogen and oxygen atoms in total. The van der Waals surface area contributed by atoms with Gasteiger partial charge in [0, 0.05) is 19.7 Å². The third-order valence-electron chi connectivity index (χ3n) is 3.57. The van der Waals surface area contributed by atoms with Crippen molar-refractivity contribution in [3.8, 4) is 0 Å². The third-order valence-corrected chi connectivity index (χ3v) is 3.57. The number of nitrogens with zero attached hydrogens (tertiary/aromatic N) is 1. The summed E-state index contributed by atoms with van der Waals surface area (Å²) in [6, 6.07) is 0. The van der Waals surface area contributed by atoms with Crippen molar-refractivity contribution in [2.75, 3.05) is 39.5 Å². The second-order valence-electron chi connectivity index (χ2n) is 5.88. The third kappa shape index (κ3) is 4.75. The summed E-state index contributed by atoms with van der Waals surface area (Å²) >= 11 is 0. The van der Waals surface area contributed by atoms with Gasteiger partial charge in [-0.1, -0.05) is 0 Å². The van der Waals surface area contributed by atoms with Gasteiger partial charge >= 0.3 is 0 Å². The smallest absolute Gasteiger partial charge is 0.225 e. The van der Waals surface area contributed by atoms with E-state index < -0.39 is 0 Å². The lowest BCUT2D eigenvalue weighted by atomic mass is 10.1. The second kappa shape index (κ2) is 6.68. The Labute approximate surface area is 115 Å². The Bertz CT molecular complexity index is 300. The molecule has 1 amide bonds. The first-order chi connectivity index (χ1) is 9.07. The van der Waals surface area contributed by atoms with Crippen LogP contribution in [0.5, 0.6) is 0 Å². The highest BCUT2D eigenvalue weighted by Crippen LogP contribution is 2.17. The molecule has 0 bridgehead atoms. The van der Waals surface area contributed by atoms with Crippen molar-refractivity contribution in [2.24, 2.45) is 0 Å². The van der Waals surface area contributed by atoms with Crippen LogP contribution in [0.4, 0.5) is 0 Å². The number of morpholine rings is 1. The Balaban J connectivity index is 1.61. The van der Waals surface area contributed by atoms with E-state index in [-0.39, 0.29) is 17.6 Å². The second-order valence-corrected chi connectivity index (χ2v) is 5.88. The Kier molecular flexibility index (Phi) is 5.19. The summed E-state index contributed by atoms with van der Waals surface area (Å²) in [6.07, 6.45) is 2.88. The molecule has 2 fully saturated rings. The minimum absolute atomic E-state index is 0.156. The van der Waals surface area contributed by atoms with Crippen molar-refractivity contribution in [1.29, 1.82) is 0 Å². The van der Waals surface area contributed by atoms with Crippen molar-refractivity contribution >= 4 is 5.91 Å². The van der Waals surface area contributed by atoms with E-state index in [1.165, 1.54) is 0 Å². The number of hydrogen-bond donors (Lipinski definition) is 0. The van der Waals surface area contributed by atoms with Gasteiger partial charge in [0.15, 0.2) is 0 Å². The van der Waals surface area contributed by atoms with Gasteiger partial charge in [-0.2, -0.15) is 0 Å². The number of carbonyl (C=O) groups excluding carboxylic acids is 1. The molecule has 0 aliphatic carbocycles. The fourth-order valence-corrected chi connectivity index (χ4v) is 2.54. The van der Waals surface area contributed by atoms with E-state index >= 15 is 0 Å². The molecule has 2 heterocycles. The van der Waals surface area contributed by atoms with E-state index in [1.807, 2.05) is 18.7 Å². The molecule has 2 aliphatic heterocycles. The quantitative estimate of drug-likeness (QED) is 0.705. The first-order valence-corrected chi connectivity index (χ1v) is 7.18. The van der Waals surface area contributed by atoms with Gasteiger partial charge in [-0.05, 0) is 26.7 Å². The highest BCUT2D eigenvalue weighted by atomic mass is 16.5. The van der Waals surface area contributed by atoms with Crippen molar-refractivity contribution in [3.05, 3.63) is 0 Å². The maximum atomic E-state index is 12.0. The van der Waals surface area contributed by atoms with Crippen LogP contribution >= 0.6 is 0 Å². The first kappa shape index (κ1) is 14.8. The van der Waals surface area contributed by atoms with Gasteiger partial charge in [-0.15, -0.1) is 0 Å². The topological polar surface area (TPSA) is 48.0 Å². The van der Waals surface area contributed by atoms with Crippen LogP contribution in [-0.2, 0) is 19.0 Å². The molecule has 5 heteroatoms. The van der Waals surface area contributed by atoms with Gasteiger partial charge in [-0.3, -0.25) is 4.79 Å². The molecule has 1 unspecified atom stereocenters. The molecular weight excluding hydrogens is 246 g/mol. The van der Waals surface area contributed by atoms with E-state index in [1.54, 1.807) is 0 Å². The average Bonchev–Trinajstić information content (AvgIpc) is 2.86. The predicted molar refractivity (Wildman–Crippen MR) is 71.0 cm³/mol. The number of ether oxygens (including phenoxy) is 3. The number of hydrogen-bond acceptors (Lipinski definition) is 4. The molecule has 0 aromatic carbocycles. The molecule has 0 spiro atoms. The normalized spacial score (nSPS) is 26.6. The Hall–Kier alpha value is -0.650. The van der Waals surface area contributed by atoms with Gasteiger partial charge in [0.05, 0.1) is 37.9 Å². The van der Waals surface area contributed by atoms with Crippen LogP contribution in [0, 0.1) is 0 Å². The molecule has 0 radical (unpaired) electrons. The van der Waals surface area contributed by atoms with Gasteiger partial charge in [-0.25, -0.2) is 0 Å². The van der Waals surface area contributed by atoms with Crippen LogP contribution in [0.25, 0.3) is 0 Å². The minimum atomic E-state index is -0.230. The van der Waals surface area contributed by atoms with Gasteiger partial charge in [0.2, 0.25) is 5.91 Å². The maximum absolute atomic E-state index is 12.0. The van der Waals surface area contributed by atoms with Gasteiger partial charge in [0.25, 0.3) is 0 Å². The maximum Gasteiger partial charge on any atom is 0.225 e. The lowest BCUT2D eigenvalue weighted by Gasteiger charge is -2.38. The zero-order valence-corrected chi connectivity index (χ0v) is 12.0. The fourth-order valence-electron chi connectivity index (χ4n) is 2.54. The van der Waals surface area contributed by atoms with Crippen molar-refractivity contribution in [1.82, 2.24) is 4.90 Å². The lowest BCUT2D eigenvalue weighted by Crippen LogP contribution is -2.50. The van der Waals surface area contributed by atoms with Gasteiger partial charge in [0.1, 0.15) is 0 Å². The number of amides is 1. The SMILES string of the molecule is CC1(C)CN(C(=O)CCOCC2CCCO2)CCO1. The summed E-state index contributed by atoms with van der Waals surface area (Å²) in [5.41, 5.74) is -0.230. The summed E-state index contributed by atoms with van der Waals surface area (Å²) in [6.45, 7) is 7.94. The molecule has 19 heavy (non-hydrogen) atoms. The molecule has 110 valence electrons. The van der Waals surface area contributed by atoms with E-state index in [2.05, 4.69) is 0 Å². The van der Waals surface area contributed by atoms with E-state index in [4.69, 9.17) is 14.2 Å². The average molecular weight is 271 g/mol. The molecule has 2 rings (SSSR count). The van der Waals surface area contributed by atoms with E-state index in [0.717, 1.165) is 19.4 Å². The minimum Gasteiger partial charge on any atom is -0.378 e. The van der Waals surface area contributed by atoms with E-state index in [9.17, 15) is 4.79 Å². The summed E-state index contributed by atoms with van der Waals surface area (Å²) in [7, 11) is 0. The van der Waals surface area contributed by atoms with Crippen molar-refractivity contribution in [2.45, 2.75) is 44.8 Å². The molecular formula is C14H25NO4. The molecule has 1 atom stereocenters. The number of rotatable bonds is 5. The van der Waals surface area contributed by atoms with Crippen molar-refractivity contribution < 1.29 is 19.0 Å².